The van der Waals surface area contributed by atoms with Crippen LogP contribution in [0.3, 0.4) is 0 Å². The van der Waals surface area contributed by atoms with Crippen molar-refractivity contribution < 1.29 is 0 Å². The quantitative estimate of drug-likeness (QED) is 0.869. The van der Waals surface area contributed by atoms with E-state index in [1.54, 1.807) is 0 Å². The predicted molar refractivity (Wildman–Crippen MR) is 75.7 cm³/mol. The van der Waals surface area contributed by atoms with Gasteiger partial charge in [0.15, 0.2) is 0 Å². The number of nitrogens with zero attached hydrogens (tertiary/aromatic N) is 2. The molecule has 0 bridgehead atoms. The second kappa shape index (κ2) is 5.87. The molecule has 0 aliphatic heterocycles. The van der Waals surface area contributed by atoms with Gasteiger partial charge in [-0.15, -0.1) is 0 Å². The van der Waals surface area contributed by atoms with Gasteiger partial charge in [-0.2, -0.15) is 5.10 Å². The summed E-state index contributed by atoms with van der Waals surface area (Å²) in [5.41, 5.74) is 1.27. The SMILES string of the molecule is CCC(C)n1ccc(CC2CCC(NC)C2C)n1. The monoisotopic (exact) mass is 249 g/mol. The molecule has 1 aromatic heterocycles. The lowest BCUT2D eigenvalue weighted by Gasteiger charge is -2.19. The molecule has 1 heterocycles. The first-order chi connectivity index (χ1) is 8.65. The molecule has 1 fully saturated rings. The third kappa shape index (κ3) is 2.77. The van der Waals surface area contributed by atoms with Gasteiger partial charge in [0.05, 0.1) is 5.69 Å². The fourth-order valence-electron chi connectivity index (χ4n) is 3.13. The van der Waals surface area contributed by atoms with E-state index in [9.17, 15) is 0 Å². The highest BCUT2D eigenvalue weighted by molar-refractivity contribution is 5.03. The highest BCUT2D eigenvalue weighted by Gasteiger charge is 2.31. The van der Waals surface area contributed by atoms with Gasteiger partial charge in [-0.1, -0.05) is 13.8 Å². The van der Waals surface area contributed by atoms with Crippen molar-refractivity contribution in [3.63, 3.8) is 0 Å². The summed E-state index contributed by atoms with van der Waals surface area (Å²) in [6, 6.07) is 3.42. The Kier molecular flexibility index (Phi) is 4.44. The highest BCUT2D eigenvalue weighted by atomic mass is 15.3. The molecule has 0 radical (unpaired) electrons. The summed E-state index contributed by atoms with van der Waals surface area (Å²) in [6.07, 6.45) is 7.07. The van der Waals surface area contributed by atoms with Crippen LogP contribution in [0.5, 0.6) is 0 Å². The molecular weight excluding hydrogens is 222 g/mol. The minimum atomic E-state index is 0.518. The van der Waals surface area contributed by atoms with Crippen LogP contribution in [0.2, 0.25) is 0 Å². The molecule has 1 saturated carbocycles. The third-order valence-electron chi connectivity index (χ3n) is 4.77. The standard InChI is InChI=1S/C15H27N3/c1-5-11(2)18-9-8-14(17-18)10-13-6-7-15(16-4)12(13)3/h8-9,11-13,15-16H,5-7,10H2,1-4H3. The Balaban J connectivity index is 1.96. The topological polar surface area (TPSA) is 29.9 Å². The number of rotatable bonds is 5. The molecule has 0 spiro atoms. The van der Waals surface area contributed by atoms with Crippen molar-refractivity contribution in [2.75, 3.05) is 7.05 Å². The minimum Gasteiger partial charge on any atom is -0.317 e. The Morgan fingerprint density at radius 2 is 2.28 bits per heavy atom. The van der Waals surface area contributed by atoms with Crippen LogP contribution < -0.4 is 5.32 Å². The Labute approximate surface area is 111 Å². The number of hydrogen-bond acceptors (Lipinski definition) is 2. The van der Waals surface area contributed by atoms with Gasteiger partial charge in [0.1, 0.15) is 0 Å². The van der Waals surface area contributed by atoms with Crippen molar-refractivity contribution in [3.8, 4) is 0 Å². The van der Waals surface area contributed by atoms with Crippen molar-refractivity contribution in [2.24, 2.45) is 11.8 Å². The van der Waals surface area contributed by atoms with E-state index in [1.807, 2.05) is 0 Å². The number of nitrogens with one attached hydrogen (secondary N) is 1. The Bertz CT molecular complexity index is 372. The van der Waals surface area contributed by atoms with E-state index < -0.39 is 0 Å². The molecule has 4 atom stereocenters. The summed E-state index contributed by atoms with van der Waals surface area (Å²) in [4.78, 5) is 0. The number of hydrogen-bond donors (Lipinski definition) is 1. The smallest absolute Gasteiger partial charge is 0.0627 e. The van der Waals surface area contributed by atoms with Crippen LogP contribution in [0.25, 0.3) is 0 Å². The maximum atomic E-state index is 4.73. The van der Waals surface area contributed by atoms with Crippen molar-refractivity contribution in [1.82, 2.24) is 15.1 Å². The zero-order chi connectivity index (χ0) is 13.1. The number of aromatic nitrogens is 2. The third-order valence-corrected chi connectivity index (χ3v) is 4.77. The second-order valence-corrected chi connectivity index (χ2v) is 5.84. The van der Waals surface area contributed by atoms with Crippen molar-refractivity contribution in [3.05, 3.63) is 18.0 Å². The van der Waals surface area contributed by atoms with Crippen molar-refractivity contribution in [1.29, 1.82) is 0 Å². The van der Waals surface area contributed by atoms with Crippen LogP contribution in [0, 0.1) is 11.8 Å². The van der Waals surface area contributed by atoms with Gasteiger partial charge in [-0.05, 0) is 57.6 Å². The van der Waals surface area contributed by atoms with Crippen LogP contribution in [-0.4, -0.2) is 22.9 Å². The van der Waals surface area contributed by atoms with Crippen LogP contribution in [0.1, 0.15) is 51.8 Å². The van der Waals surface area contributed by atoms with E-state index in [1.165, 1.54) is 18.5 Å². The van der Waals surface area contributed by atoms with Gasteiger partial charge in [-0.3, -0.25) is 4.68 Å². The molecule has 102 valence electrons. The lowest BCUT2D eigenvalue weighted by atomic mass is 9.91. The summed E-state index contributed by atoms with van der Waals surface area (Å²) in [7, 11) is 2.08. The summed E-state index contributed by atoms with van der Waals surface area (Å²) in [6.45, 7) is 6.82. The summed E-state index contributed by atoms with van der Waals surface area (Å²) in [5.74, 6) is 1.56. The molecule has 1 N–H and O–H groups in total. The lowest BCUT2D eigenvalue weighted by molar-refractivity contribution is 0.359. The Hall–Kier alpha value is -0.830. The normalized spacial score (nSPS) is 29.7. The average molecular weight is 249 g/mol. The molecule has 3 heteroatoms. The van der Waals surface area contributed by atoms with Crippen molar-refractivity contribution >= 4 is 0 Å². The average Bonchev–Trinajstić information content (AvgIpc) is 2.97. The zero-order valence-electron chi connectivity index (χ0n) is 12.2. The summed E-state index contributed by atoms with van der Waals surface area (Å²) in [5, 5.41) is 8.16. The van der Waals surface area contributed by atoms with Crippen LogP contribution >= 0.6 is 0 Å². The van der Waals surface area contributed by atoms with Gasteiger partial charge < -0.3 is 5.32 Å². The molecule has 3 nitrogen and oxygen atoms in total. The van der Waals surface area contributed by atoms with Gasteiger partial charge in [0.2, 0.25) is 0 Å². The van der Waals surface area contributed by atoms with E-state index in [-0.39, 0.29) is 0 Å². The van der Waals surface area contributed by atoms with Crippen LogP contribution in [0.4, 0.5) is 0 Å². The zero-order valence-corrected chi connectivity index (χ0v) is 12.2. The molecule has 1 aliphatic rings. The van der Waals surface area contributed by atoms with E-state index in [2.05, 4.69) is 50.1 Å². The molecule has 0 aromatic carbocycles. The highest BCUT2D eigenvalue weighted by Crippen LogP contribution is 2.33. The van der Waals surface area contributed by atoms with Gasteiger partial charge in [0.25, 0.3) is 0 Å². The predicted octanol–water partition coefficient (Wildman–Crippen LogP) is 3.03. The molecule has 4 unspecified atom stereocenters. The molecular formula is C15H27N3. The maximum Gasteiger partial charge on any atom is 0.0627 e. The summed E-state index contributed by atoms with van der Waals surface area (Å²) >= 11 is 0. The molecule has 1 aromatic rings. The first kappa shape index (κ1) is 13.6. The Morgan fingerprint density at radius 1 is 1.50 bits per heavy atom. The molecule has 0 amide bonds. The van der Waals surface area contributed by atoms with Crippen molar-refractivity contribution in [2.45, 2.75) is 58.5 Å². The lowest BCUT2D eigenvalue weighted by Crippen LogP contribution is -2.29. The van der Waals surface area contributed by atoms with Gasteiger partial charge in [0, 0.05) is 18.3 Å². The Morgan fingerprint density at radius 3 is 2.89 bits per heavy atom. The maximum absolute atomic E-state index is 4.73. The molecule has 0 saturated heterocycles. The molecule has 2 rings (SSSR count). The second-order valence-electron chi connectivity index (χ2n) is 5.84. The molecule has 1 aliphatic carbocycles. The van der Waals surface area contributed by atoms with Crippen LogP contribution in [0.15, 0.2) is 12.3 Å². The first-order valence-corrected chi connectivity index (χ1v) is 7.37. The van der Waals surface area contributed by atoms with E-state index in [0.717, 1.165) is 24.7 Å². The first-order valence-electron chi connectivity index (χ1n) is 7.37. The van der Waals surface area contributed by atoms with Crippen LogP contribution in [-0.2, 0) is 6.42 Å². The van der Waals surface area contributed by atoms with E-state index >= 15 is 0 Å². The fourth-order valence-corrected chi connectivity index (χ4v) is 3.13. The summed E-state index contributed by atoms with van der Waals surface area (Å²) < 4.78 is 2.12. The van der Waals surface area contributed by atoms with Gasteiger partial charge >= 0.3 is 0 Å². The largest absolute Gasteiger partial charge is 0.317 e. The minimum absolute atomic E-state index is 0.518. The molecule has 18 heavy (non-hydrogen) atoms. The fraction of sp³-hybridized carbons (Fsp3) is 0.800. The van der Waals surface area contributed by atoms with E-state index in [0.29, 0.717) is 12.1 Å². The van der Waals surface area contributed by atoms with E-state index in [4.69, 9.17) is 5.10 Å². The van der Waals surface area contributed by atoms with Gasteiger partial charge in [-0.25, -0.2) is 0 Å².